The molecule has 1 N–H and O–H groups in total. The van der Waals surface area contributed by atoms with Crippen LogP contribution in [-0.2, 0) is 4.74 Å². The fourth-order valence-corrected chi connectivity index (χ4v) is 7.58. The van der Waals surface area contributed by atoms with Gasteiger partial charge in [-0.25, -0.2) is 14.6 Å². The topological polar surface area (TPSA) is 88.4 Å². The average molecular weight is 660 g/mol. The summed E-state index contributed by atoms with van der Waals surface area (Å²) >= 11 is 6.22. The van der Waals surface area contributed by atoms with Crippen molar-refractivity contribution < 1.29 is 19.1 Å². The lowest BCUT2D eigenvalue weighted by Gasteiger charge is -2.63. The third-order valence-corrected chi connectivity index (χ3v) is 9.85. The van der Waals surface area contributed by atoms with E-state index in [2.05, 4.69) is 59.6 Å². The van der Waals surface area contributed by atoms with Crippen molar-refractivity contribution in [2.24, 2.45) is 22.7 Å². The Morgan fingerprint density at radius 1 is 1.11 bits per heavy atom. The number of hydrogen-bond acceptors (Lipinski definition) is 6. The summed E-state index contributed by atoms with van der Waals surface area (Å²) in [5, 5.41) is 3.57. The van der Waals surface area contributed by atoms with E-state index in [0.717, 1.165) is 45.6 Å². The Hall–Kier alpha value is -3.79. The van der Waals surface area contributed by atoms with Crippen molar-refractivity contribution in [2.45, 2.75) is 79.1 Å². The molecule has 0 radical (unpaired) electrons. The molecular formula is C37H46ClN5O4. The second-order valence-electron chi connectivity index (χ2n) is 15.3. The van der Waals surface area contributed by atoms with E-state index in [9.17, 15) is 9.59 Å². The minimum absolute atomic E-state index is 0.135. The molecule has 2 amide bonds. The molecule has 1 saturated carbocycles. The Bertz CT molecular complexity index is 1570. The molecule has 47 heavy (non-hydrogen) atoms. The number of benzene rings is 1. The number of nitrogens with zero attached hydrogens (tertiary/aromatic N) is 4. The molecule has 1 aliphatic carbocycles. The molecule has 3 aliphatic rings. The molecule has 3 heterocycles. The van der Waals surface area contributed by atoms with Crippen molar-refractivity contribution in [1.29, 1.82) is 0 Å². The molecule has 2 saturated heterocycles. The number of hydrogen-bond donors (Lipinski definition) is 1. The first-order valence-corrected chi connectivity index (χ1v) is 16.8. The number of likely N-dealkylation sites (tertiary alicyclic amines) is 2. The second kappa shape index (κ2) is 13.4. The summed E-state index contributed by atoms with van der Waals surface area (Å²) in [6.07, 6.45) is 3.21. The van der Waals surface area contributed by atoms with Gasteiger partial charge in [-0.3, -0.25) is 4.79 Å². The highest BCUT2D eigenvalue weighted by Crippen LogP contribution is 2.55. The Labute approximate surface area is 284 Å². The van der Waals surface area contributed by atoms with Crippen LogP contribution in [0.5, 0.6) is 5.75 Å². The summed E-state index contributed by atoms with van der Waals surface area (Å²) in [5.41, 5.74) is 0.367. The van der Waals surface area contributed by atoms with Gasteiger partial charge in [0.05, 0.1) is 17.2 Å². The van der Waals surface area contributed by atoms with Gasteiger partial charge in [0.1, 0.15) is 23.1 Å². The van der Waals surface area contributed by atoms with Crippen molar-refractivity contribution in [2.75, 3.05) is 32.7 Å². The second-order valence-corrected chi connectivity index (χ2v) is 15.7. The van der Waals surface area contributed by atoms with Gasteiger partial charge in [0.25, 0.3) is 5.91 Å². The third kappa shape index (κ3) is 7.86. The number of ether oxygens (including phenoxy) is 2. The highest BCUT2D eigenvalue weighted by Gasteiger charge is 2.64. The lowest BCUT2D eigenvalue weighted by Crippen LogP contribution is -2.74. The van der Waals surface area contributed by atoms with Crippen LogP contribution >= 0.6 is 11.6 Å². The molecule has 10 heteroatoms. The first-order valence-electron chi connectivity index (χ1n) is 16.4. The van der Waals surface area contributed by atoms with E-state index in [1.165, 1.54) is 0 Å². The smallest absolute Gasteiger partial charge is 0.410 e. The first-order chi connectivity index (χ1) is 22.1. The van der Waals surface area contributed by atoms with Crippen molar-refractivity contribution in [3.05, 3.63) is 64.2 Å². The molecule has 3 fully saturated rings. The molecule has 5 rings (SSSR count). The first kappa shape index (κ1) is 34.5. The molecular weight excluding hydrogens is 614 g/mol. The standard InChI is InChI=1S/C37H46ClN5O4/c1-35(2,3)47-34(45)43-22-25(23-43)21-42-17-15-24(16-18-42)9-11-27-12-10-26(20-40-27)31(44)41-32-36(4,5)33(37(32,6)7)46-28-13-14-30(39-8)29(38)19-28/h10,12-14,19-20,24-25,32-33H,15-18,21-23H2,1-7H3,(H,41,44). The maximum atomic E-state index is 13.3. The number of nitrogens with one attached hydrogen (secondary N) is 1. The lowest BCUT2D eigenvalue weighted by atomic mass is 9.49. The van der Waals surface area contributed by atoms with Crippen LogP contribution in [0.2, 0.25) is 5.02 Å². The van der Waals surface area contributed by atoms with E-state index in [4.69, 9.17) is 27.6 Å². The summed E-state index contributed by atoms with van der Waals surface area (Å²) in [6, 6.07) is 8.55. The number of halogens is 1. The minimum atomic E-state index is -0.463. The normalized spacial score (nSPS) is 22.5. The van der Waals surface area contributed by atoms with Gasteiger partial charge in [-0.1, -0.05) is 51.3 Å². The van der Waals surface area contributed by atoms with Crippen LogP contribution in [0, 0.1) is 41.1 Å². The number of aromatic nitrogens is 1. The molecule has 0 spiro atoms. The van der Waals surface area contributed by atoms with Crippen molar-refractivity contribution in [3.8, 4) is 17.6 Å². The SMILES string of the molecule is [C-]#[N+]c1ccc(OC2C(C)(C)C(NC(=O)c3ccc(C#CC4CCN(CC5CN(C(=O)OC(C)(C)C)C5)CC4)nc3)C2(C)C)cc1Cl. The summed E-state index contributed by atoms with van der Waals surface area (Å²) in [6.45, 7) is 25.7. The summed E-state index contributed by atoms with van der Waals surface area (Å²) < 4.78 is 11.8. The van der Waals surface area contributed by atoms with E-state index >= 15 is 0 Å². The number of carbonyl (C=O) groups excluding carboxylic acids is 2. The maximum absolute atomic E-state index is 13.3. The van der Waals surface area contributed by atoms with Crippen LogP contribution in [0.1, 0.15) is 77.4 Å². The number of amides is 2. The Kier molecular flexibility index (Phi) is 9.83. The number of pyridine rings is 1. The predicted molar refractivity (Wildman–Crippen MR) is 183 cm³/mol. The minimum Gasteiger partial charge on any atom is -0.489 e. The molecule has 1 aromatic heterocycles. The Morgan fingerprint density at radius 3 is 2.36 bits per heavy atom. The average Bonchev–Trinajstić information content (AvgIpc) is 2.98. The van der Waals surface area contributed by atoms with Gasteiger partial charge >= 0.3 is 6.09 Å². The van der Waals surface area contributed by atoms with Crippen LogP contribution in [0.15, 0.2) is 36.5 Å². The molecule has 2 aliphatic heterocycles. The number of piperidine rings is 1. The zero-order valence-electron chi connectivity index (χ0n) is 28.5. The Balaban J connectivity index is 1.07. The maximum Gasteiger partial charge on any atom is 0.410 e. The van der Waals surface area contributed by atoms with Crippen LogP contribution in [0.3, 0.4) is 0 Å². The van der Waals surface area contributed by atoms with E-state index < -0.39 is 5.60 Å². The van der Waals surface area contributed by atoms with Gasteiger partial charge in [-0.15, -0.1) is 0 Å². The summed E-state index contributed by atoms with van der Waals surface area (Å²) in [5.74, 6) is 7.84. The number of rotatable bonds is 6. The quantitative estimate of drug-likeness (QED) is 0.270. The lowest BCUT2D eigenvalue weighted by molar-refractivity contribution is -0.164. The summed E-state index contributed by atoms with van der Waals surface area (Å²) in [7, 11) is 0. The molecule has 2 aromatic rings. The molecule has 250 valence electrons. The summed E-state index contributed by atoms with van der Waals surface area (Å²) in [4.78, 5) is 37.6. The molecule has 0 atom stereocenters. The molecule has 9 nitrogen and oxygen atoms in total. The fraction of sp³-hybridized carbons (Fsp3) is 0.568. The van der Waals surface area contributed by atoms with Gasteiger partial charge in [0, 0.05) is 54.5 Å². The van der Waals surface area contributed by atoms with Gasteiger partial charge < -0.3 is 24.6 Å². The van der Waals surface area contributed by atoms with Crippen molar-refractivity contribution >= 4 is 29.3 Å². The monoisotopic (exact) mass is 659 g/mol. The van der Waals surface area contributed by atoms with E-state index in [-0.39, 0.29) is 35.0 Å². The highest BCUT2D eigenvalue weighted by atomic mass is 35.5. The Morgan fingerprint density at radius 2 is 1.79 bits per heavy atom. The van der Waals surface area contributed by atoms with Gasteiger partial charge in [-0.05, 0) is 76.9 Å². The fourth-order valence-electron chi connectivity index (χ4n) is 7.37. The zero-order valence-corrected chi connectivity index (χ0v) is 29.3. The van der Waals surface area contributed by atoms with Crippen molar-refractivity contribution in [1.82, 2.24) is 20.1 Å². The van der Waals surface area contributed by atoms with E-state index in [1.807, 2.05) is 26.8 Å². The van der Waals surface area contributed by atoms with Crippen LogP contribution in [0.25, 0.3) is 4.85 Å². The molecule has 1 aromatic carbocycles. The largest absolute Gasteiger partial charge is 0.489 e. The zero-order chi connectivity index (χ0) is 34.1. The van der Waals surface area contributed by atoms with Gasteiger partial charge in [0.2, 0.25) is 5.69 Å². The van der Waals surface area contributed by atoms with Crippen LogP contribution in [0.4, 0.5) is 10.5 Å². The van der Waals surface area contributed by atoms with Crippen molar-refractivity contribution in [3.63, 3.8) is 0 Å². The molecule has 0 unspecified atom stereocenters. The third-order valence-electron chi connectivity index (χ3n) is 9.55. The van der Waals surface area contributed by atoms with E-state index in [0.29, 0.717) is 39.6 Å². The van der Waals surface area contributed by atoms with Crippen LogP contribution in [-0.4, -0.2) is 77.3 Å². The van der Waals surface area contributed by atoms with Gasteiger partial charge in [-0.2, -0.15) is 0 Å². The highest BCUT2D eigenvalue weighted by molar-refractivity contribution is 6.33. The molecule has 0 bridgehead atoms. The predicted octanol–water partition coefficient (Wildman–Crippen LogP) is 6.83. The van der Waals surface area contributed by atoms with Crippen LogP contribution < -0.4 is 10.1 Å². The van der Waals surface area contributed by atoms with Gasteiger partial charge in [0.15, 0.2) is 0 Å². The number of carbonyl (C=O) groups is 2. The van der Waals surface area contributed by atoms with E-state index in [1.54, 1.807) is 35.4 Å².